The third-order valence-corrected chi connectivity index (χ3v) is 5.67. The topological polar surface area (TPSA) is 110 Å². The van der Waals surface area contributed by atoms with Gasteiger partial charge in [0.15, 0.2) is 5.69 Å². The predicted molar refractivity (Wildman–Crippen MR) is 127 cm³/mol. The molecule has 170 valence electrons. The summed E-state index contributed by atoms with van der Waals surface area (Å²) in [6.45, 7) is 6.96. The fourth-order valence-electron chi connectivity index (χ4n) is 3.13. The van der Waals surface area contributed by atoms with Gasteiger partial charge in [-0.3, -0.25) is 19.1 Å². The molecule has 0 fully saturated rings. The molecular weight excluding hydrogens is 416 g/mol. The minimum absolute atomic E-state index is 0.0109. The van der Waals surface area contributed by atoms with Gasteiger partial charge in [-0.2, -0.15) is 0 Å². The van der Waals surface area contributed by atoms with E-state index in [2.05, 4.69) is 4.98 Å². The highest BCUT2D eigenvalue weighted by molar-refractivity contribution is 7.99. The van der Waals surface area contributed by atoms with Crippen LogP contribution in [0, 0.1) is 12.8 Å². The second kappa shape index (κ2) is 11.8. The number of carbonyl (C=O) groups excluding carboxylic acids is 1. The van der Waals surface area contributed by atoms with Crippen LogP contribution in [0.1, 0.15) is 31.4 Å². The average molecular weight is 449 g/mol. The van der Waals surface area contributed by atoms with E-state index >= 15 is 0 Å². The summed E-state index contributed by atoms with van der Waals surface area (Å²) in [6.07, 6.45) is 0.535. The molecular formula is C22H32N4O4S. The molecule has 8 nitrogen and oxygen atoms in total. The van der Waals surface area contributed by atoms with Gasteiger partial charge < -0.3 is 15.4 Å². The third kappa shape index (κ3) is 7.00. The Balaban J connectivity index is 2.26. The Bertz CT molecular complexity index is 982. The average Bonchev–Trinajstić information content (AvgIpc) is 2.71. The molecule has 1 aromatic heterocycles. The van der Waals surface area contributed by atoms with E-state index in [1.807, 2.05) is 45.0 Å². The summed E-state index contributed by atoms with van der Waals surface area (Å²) in [5.74, 6) is 0.776. The number of rotatable bonds is 11. The summed E-state index contributed by atoms with van der Waals surface area (Å²) < 4.78 is 6.41. The summed E-state index contributed by atoms with van der Waals surface area (Å²) in [6, 6.07) is 8.14. The van der Waals surface area contributed by atoms with Crippen molar-refractivity contribution >= 4 is 29.2 Å². The summed E-state index contributed by atoms with van der Waals surface area (Å²) >= 11 is 1.47. The highest BCUT2D eigenvalue weighted by atomic mass is 32.2. The van der Waals surface area contributed by atoms with Crippen LogP contribution in [0.5, 0.6) is 0 Å². The molecule has 0 bridgehead atoms. The van der Waals surface area contributed by atoms with Crippen LogP contribution < -0.4 is 21.9 Å². The molecule has 2 aromatic rings. The molecule has 0 aliphatic carbocycles. The highest BCUT2D eigenvalue weighted by Crippen LogP contribution is 2.21. The van der Waals surface area contributed by atoms with Gasteiger partial charge in [-0.15, -0.1) is 11.8 Å². The van der Waals surface area contributed by atoms with E-state index in [0.717, 1.165) is 5.56 Å². The smallest absolute Gasteiger partial charge is 0.330 e. The number of aryl methyl sites for hydroxylation is 1. The standard InChI is InChI=1S/C22H32N4O4S/c1-15(2)12-26-20(23)19(21(28)24-22(26)29)25(10-5-11-30-4)18(27)14-31-13-17-8-6-16(3)7-9-17/h6-9,15H,5,10-14,23H2,1-4H3,(H,24,28,29). The SMILES string of the molecule is COCCCN(C(=O)CSCc1ccc(C)cc1)c1c(N)n(CC(C)C)c(=O)[nH]c1=O. The normalized spacial score (nSPS) is 11.1. The lowest BCUT2D eigenvalue weighted by Gasteiger charge is -2.25. The molecule has 0 saturated heterocycles. The van der Waals surface area contributed by atoms with E-state index in [-0.39, 0.29) is 35.6 Å². The van der Waals surface area contributed by atoms with Gasteiger partial charge in [0.1, 0.15) is 5.82 Å². The fraction of sp³-hybridized carbons (Fsp3) is 0.500. The summed E-state index contributed by atoms with van der Waals surface area (Å²) in [4.78, 5) is 41.6. The van der Waals surface area contributed by atoms with Gasteiger partial charge in [-0.1, -0.05) is 43.7 Å². The number of nitrogen functional groups attached to an aromatic ring is 1. The van der Waals surface area contributed by atoms with Crippen molar-refractivity contribution < 1.29 is 9.53 Å². The van der Waals surface area contributed by atoms with Gasteiger partial charge in [0.25, 0.3) is 5.56 Å². The molecule has 0 radical (unpaired) electrons. The zero-order valence-corrected chi connectivity index (χ0v) is 19.5. The second-order valence-electron chi connectivity index (χ2n) is 7.87. The number of hydrogen-bond acceptors (Lipinski definition) is 6. The van der Waals surface area contributed by atoms with Gasteiger partial charge in [0, 0.05) is 32.6 Å². The van der Waals surface area contributed by atoms with Crippen LogP contribution in [0.4, 0.5) is 11.5 Å². The second-order valence-corrected chi connectivity index (χ2v) is 8.85. The zero-order chi connectivity index (χ0) is 23.0. The van der Waals surface area contributed by atoms with Crippen molar-refractivity contribution in [3.63, 3.8) is 0 Å². The Morgan fingerprint density at radius 2 is 1.94 bits per heavy atom. The molecule has 3 N–H and O–H groups in total. The van der Waals surface area contributed by atoms with Crippen LogP contribution >= 0.6 is 11.8 Å². The van der Waals surface area contributed by atoms with Crippen molar-refractivity contribution in [3.8, 4) is 0 Å². The van der Waals surface area contributed by atoms with E-state index in [1.54, 1.807) is 7.11 Å². The van der Waals surface area contributed by atoms with Crippen LogP contribution in [-0.2, 0) is 21.8 Å². The number of H-pyrrole nitrogens is 1. The van der Waals surface area contributed by atoms with Crippen molar-refractivity contribution in [2.45, 2.75) is 39.5 Å². The van der Waals surface area contributed by atoms with Crippen molar-refractivity contribution in [2.75, 3.05) is 36.6 Å². The van der Waals surface area contributed by atoms with E-state index in [4.69, 9.17) is 10.5 Å². The van der Waals surface area contributed by atoms with E-state index < -0.39 is 11.2 Å². The molecule has 2 rings (SSSR count). The number of nitrogens with zero attached hydrogens (tertiary/aromatic N) is 2. The molecule has 1 amide bonds. The lowest BCUT2D eigenvalue weighted by molar-refractivity contribution is -0.116. The largest absolute Gasteiger partial charge is 0.385 e. The Morgan fingerprint density at radius 3 is 2.55 bits per heavy atom. The van der Waals surface area contributed by atoms with Gasteiger partial charge in [0.05, 0.1) is 5.75 Å². The number of carbonyl (C=O) groups is 1. The fourth-order valence-corrected chi connectivity index (χ4v) is 3.99. The molecule has 0 atom stereocenters. The lowest BCUT2D eigenvalue weighted by atomic mass is 10.2. The van der Waals surface area contributed by atoms with E-state index in [9.17, 15) is 14.4 Å². The maximum absolute atomic E-state index is 13.1. The molecule has 0 aliphatic heterocycles. The molecule has 0 spiro atoms. The Morgan fingerprint density at radius 1 is 1.26 bits per heavy atom. The van der Waals surface area contributed by atoms with E-state index in [1.165, 1.54) is 26.8 Å². The number of methoxy groups -OCH3 is 1. The molecule has 9 heteroatoms. The molecule has 1 heterocycles. The first-order valence-corrected chi connectivity index (χ1v) is 11.4. The minimum atomic E-state index is -0.656. The summed E-state index contributed by atoms with van der Waals surface area (Å²) in [5, 5.41) is 0. The Hall–Kier alpha value is -2.52. The first-order valence-electron chi connectivity index (χ1n) is 10.3. The van der Waals surface area contributed by atoms with E-state index in [0.29, 0.717) is 25.3 Å². The van der Waals surface area contributed by atoms with Crippen molar-refractivity contribution in [2.24, 2.45) is 5.92 Å². The molecule has 0 aliphatic rings. The van der Waals surface area contributed by atoms with Crippen molar-refractivity contribution in [3.05, 3.63) is 56.2 Å². The lowest BCUT2D eigenvalue weighted by Crippen LogP contribution is -2.42. The Labute approximate surface area is 186 Å². The maximum Gasteiger partial charge on any atom is 0.330 e. The van der Waals surface area contributed by atoms with Crippen molar-refractivity contribution in [1.82, 2.24) is 9.55 Å². The monoisotopic (exact) mass is 448 g/mol. The number of nitrogens with two attached hydrogens (primary N) is 1. The number of aromatic amines is 1. The number of thioether (sulfide) groups is 1. The molecule has 0 saturated carbocycles. The first-order chi connectivity index (χ1) is 14.7. The first kappa shape index (κ1) is 24.7. The summed E-state index contributed by atoms with van der Waals surface area (Å²) in [7, 11) is 1.58. The molecule has 31 heavy (non-hydrogen) atoms. The number of aromatic nitrogens is 2. The number of hydrogen-bond donors (Lipinski definition) is 2. The van der Waals surface area contributed by atoms with Crippen LogP contribution in [0.2, 0.25) is 0 Å². The van der Waals surface area contributed by atoms with Crippen molar-refractivity contribution in [1.29, 1.82) is 0 Å². The number of nitrogens with one attached hydrogen (secondary N) is 1. The quantitative estimate of drug-likeness (QED) is 0.511. The van der Waals surface area contributed by atoms with Crippen LogP contribution in [0.15, 0.2) is 33.9 Å². The third-order valence-electron chi connectivity index (χ3n) is 4.68. The van der Waals surface area contributed by atoms with Crippen LogP contribution in [0.3, 0.4) is 0 Å². The van der Waals surface area contributed by atoms with Gasteiger partial charge in [-0.05, 0) is 24.8 Å². The zero-order valence-electron chi connectivity index (χ0n) is 18.6. The van der Waals surface area contributed by atoms with Crippen LogP contribution in [-0.4, -0.2) is 41.5 Å². The highest BCUT2D eigenvalue weighted by Gasteiger charge is 2.24. The molecule has 0 unspecified atom stereocenters. The van der Waals surface area contributed by atoms with Gasteiger partial charge in [-0.25, -0.2) is 4.79 Å². The maximum atomic E-state index is 13.1. The number of anilines is 2. The summed E-state index contributed by atoms with van der Waals surface area (Å²) in [5.41, 5.74) is 7.32. The Kier molecular flexibility index (Phi) is 9.39. The molecule has 1 aromatic carbocycles. The van der Waals surface area contributed by atoms with Crippen LogP contribution in [0.25, 0.3) is 0 Å². The minimum Gasteiger partial charge on any atom is -0.385 e. The van der Waals surface area contributed by atoms with Gasteiger partial charge >= 0.3 is 5.69 Å². The van der Waals surface area contributed by atoms with Gasteiger partial charge in [0.2, 0.25) is 5.91 Å². The number of amides is 1. The number of ether oxygens (including phenoxy) is 1. The predicted octanol–water partition coefficient (Wildman–Crippen LogP) is 2.39. The number of benzene rings is 1.